The summed E-state index contributed by atoms with van der Waals surface area (Å²) >= 11 is 0. The lowest BCUT2D eigenvalue weighted by atomic mass is 10.1. The van der Waals surface area contributed by atoms with Gasteiger partial charge in [-0.3, -0.25) is 9.59 Å². The van der Waals surface area contributed by atoms with Gasteiger partial charge in [0, 0.05) is 31.6 Å². The van der Waals surface area contributed by atoms with Crippen molar-refractivity contribution in [1.29, 1.82) is 0 Å². The molecule has 1 heterocycles. The molecular weight excluding hydrogens is 240 g/mol. The first-order valence-corrected chi connectivity index (χ1v) is 6.85. The van der Waals surface area contributed by atoms with Crippen molar-refractivity contribution >= 4 is 11.8 Å². The minimum absolute atomic E-state index is 0.0450. The Morgan fingerprint density at radius 2 is 2.26 bits per heavy atom. The van der Waals surface area contributed by atoms with Gasteiger partial charge < -0.3 is 10.2 Å². The number of amides is 2. The van der Waals surface area contributed by atoms with Crippen LogP contribution in [-0.2, 0) is 11.3 Å². The molecule has 0 bridgehead atoms. The summed E-state index contributed by atoms with van der Waals surface area (Å²) in [5.74, 6) is 0.164. The van der Waals surface area contributed by atoms with Crippen LogP contribution in [-0.4, -0.2) is 29.8 Å². The van der Waals surface area contributed by atoms with Crippen LogP contribution < -0.4 is 5.32 Å². The highest BCUT2D eigenvalue weighted by atomic mass is 16.2. The summed E-state index contributed by atoms with van der Waals surface area (Å²) in [5.41, 5.74) is 1.68. The van der Waals surface area contributed by atoms with Crippen LogP contribution in [0.1, 0.15) is 42.1 Å². The molecule has 2 amide bonds. The predicted molar refractivity (Wildman–Crippen MR) is 73.7 cm³/mol. The smallest absolute Gasteiger partial charge is 0.251 e. The van der Waals surface area contributed by atoms with E-state index >= 15 is 0 Å². The minimum Gasteiger partial charge on any atom is -0.352 e. The van der Waals surface area contributed by atoms with Gasteiger partial charge >= 0.3 is 0 Å². The largest absolute Gasteiger partial charge is 0.352 e. The summed E-state index contributed by atoms with van der Waals surface area (Å²) in [7, 11) is 0. The zero-order valence-electron chi connectivity index (χ0n) is 11.3. The van der Waals surface area contributed by atoms with E-state index in [0.717, 1.165) is 24.9 Å². The molecule has 0 atom stereocenters. The molecule has 2 rings (SSSR count). The highest BCUT2D eigenvalue weighted by Crippen LogP contribution is 2.15. The van der Waals surface area contributed by atoms with E-state index < -0.39 is 0 Å². The lowest BCUT2D eigenvalue weighted by Crippen LogP contribution is -2.25. The molecule has 0 saturated carbocycles. The van der Waals surface area contributed by atoms with E-state index in [2.05, 4.69) is 5.32 Å². The molecular formula is C15H20N2O2. The molecule has 0 spiro atoms. The summed E-state index contributed by atoms with van der Waals surface area (Å²) < 4.78 is 0. The Labute approximate surface area is 113 Å². The molecule has 0 aliphatic carbocycles. The van der Waals surface area contributed by atoms with Gasteiger partial charge in [-0.1, -0.05) is 19.1 Å². The fourth-order valence-electron chi connectivity index (χ4n) is 2.24. The Balaban J connectivity index is 2.02. The Morgan fingerprint density at radius 1 is 1.42 bits per heavy atom. The first kappa shape index (κ1) is 13.6. The van der Waals surface area contributed by atoms with Crippen LogP contribution >= 0.6 is 0 Å². The van der Waals surface area contributed by atoms with Gasteiger partial charge in [-0.25, -0.2) is 0 Å². The number of nitrogens with zero attached hydrogens (tertiary/aromatic N) is 1. The fourth-order valence-corrected chi connectivity index (χ4v) is 2.24. The molecule has 1 saturated heterocycles. The molecule has 0 unspecified atom stereocenters. The van der Waals surface area contributed by atoms with Crippen LogP contribution in [0.5, 0.6) is 0 Å². The van der Waals surface area contributed by atoms with Crippen LogP contribution in [0.2, 0.25) is 0 Å². The quantitative estimate of drug-likeness (QED) is 0.879. The van der Waals surface area contributed by atoms with Gasteiger partial charge in [0.05, 0.1) is 0 Å². The number of carbonyl (C=O) groups excluding carboxylic acids is 2. The van der Waals surface area contributed by atoms with Crippen LogP contribution in [0.3, 0.4) is 0 Å². The predicted octanol–water partition coefficient (Wildman–Crippen LogP) is 1.95. The van der Waals surface area contributed by atoms with E-state index in [1.807, 2.05) is 30.0 Å². The monoisotopic (exact) mass is 260 g/mol. The number of rotatable bonds is 5. The van der Waals surface area contributed by atoms with Gasteiger partial charge in [0.1, 0.15) is 0 Å². The van der Waals surface area contributed by atoms with Crippen molar-refractivity contribution in [2.24, 2.45) is 0 Å². The van der Waals surface area contributed by atoms with Crippen molar-refractivity contribution in [2.75, 3.05) is 13.1 Å². The standard InChI is InChI=1S/C15H20N2O2/c1-2-8-16-15(19)13-6-3-5-12(10-13)11-17-9-4-7-14(17)18/h3,5-6,10H,2,4,7-9,11H2,1H3,(H,16,19). The number of carbonyl (C=O) groups is 2. The first-order valence-electron chi connectivity index (χ1n) is 6.85. The van der Waals surface area contributed by atoms with E-state index in [1.165, 1.54) is 0 Å². The SMILES string of the molecule is CCCNC(=O)c1cccc(CN2CCCC2=O)c1. The zero-order chi connectivity index (χ0) is 13.7. The second kappa shape index (κ2) is 6.36. The Morgan fingerprint density at radius 3 is 2.95 bits per heavy atom. The molecule has 0 aromatic heterocycles. The summed E-state index contributed by atoms with van der Waals surface area (Å²) in [4.78, 5) is 25.3. The lowest BCUT2D eigenvalue weighted by molar-refractivity contribution is -0.128. The molecule has 4 nitrogen and oxygen atoms in total. The number of nitrogens with one attached hydrogen (secondary N) is 1. The first-order chi connectivity index (χ1) is 9.20. The van der Waals surface area contributed by atoms with Crippen LogP contribution in [0.4, 0.5) is 0 Å². The maximum absolute atomic E-state index is 11.9. The third kappa shape index (κ3) is 3.56. The highest BCUT2D eigenvalue weighted by Gasteiger charge is 2.20. The molecule has 1 aromatic carbocycles. The van der Waals surface area contributed by atoms with Crippen LogP contribution in [0, 0.1) is 0 Å². The molecule has 0 radical (unpaired) electrons. The number of hydrogen-bond donors (Lipinski definition) is 1. The Bertz CT molecular complexity index is 471. The normalized spacial score (nSPS) is 14.8. The van der Waals surface area contributed by atoms with Crippen LogP contribution in [0.15, 0.2) is 24.3 Å². The molecule has 1 aliphatic rings. The molecule has 1 N–H and O–H groups in total. The number of hydrogen-bond acceptors (Lipinski definition) is 2. The Hall–Kier alpha value is -1.84. The molecule has 1 aliphatic heterocycles. The Kier molecular flexibility index (Phi) is 4.55. The van der Waals surface area contributed by atoms with Crippen molar-refractivity contribution in [3.05, 3.63) is 35.4 Å². The summed E-state index contributed by atoms with van der Waals surface area (Å²) in [6.07, 6.45) is 2.51. The van der Waals surface area contributed by atoms with Gasteiger partial charge in [0.2, 0.25) is 5.91 Å². The average Bonchev–Trinajstić information content (AvgIpc) is 2.82. The van der Waals surface area contributed by atoms with Gasteiger partial charge in [0.25, 0.3) is 5.91 Å². The van der Waals surface area contributed by atoms with Gasteiger partial charge in [-0.2, -0.15) is 0 Å². The molecule has 1 fully saturated rings. The molecule has 19 heavy (non-hydrogen) atoms. The van der Waals surface area contributed by atoms with Gasteiger partial charge in [-0.05, 0) is 30.5 Å². The number of likely N-dealkylation sites (tertiary alicyclic amines) is 1. The van der Waals surface area contributed by atoms with Gasteiger partial charge in [0.15, 0.2) is 0 Å². The maximum Gasteiger partial charge on any atom is 0.251 e. The van der Waals surface area contributed by atoms with E-state index in [1.54, 1.807) is 6.07 Å². The van der Waals surface area contributed by atoms with Crippen molar-refractivity contribution in [3.63, 3.8) is 0 Å². The average molecular weight is 260 g/mol. The molecule has 4 heteroatoms. The molecule has 102 valence electrons. The van der Waals surface area contributed by atoms with Crippen molar-refractivity contribution in [1.82, 2.24) is 10.2 Å². The lowest BCUT2D eigenvalue weighted by Gasteiger charge is -2.16. The zero-order valence-corrected chi connectivity index (χ0v) is 11.3. The number of benzene rings is 1. The van der Waals surface area contributed by atoms with Crippen molar-refractivity contribution in [3.8, 4) is 0 Å². The summed E-state index contributed by atoms with van der Waals surface area (Å²) in [6, 6.07) is 7.51. The van der Waals surface area contributed by atoms with Crippen molar-refractivity contribution in [2.45, 2.75) is 32.7 Å². The highest BCUT2D eigenvalue weighted by molar-refractivity contribution is 5.94. The van der Waals surface area contributed by atoms with E-state index in [4.69, 9.17) is 0 Å². The summed E-state index contributed by atoms with van der Waals surface area (Å²) in [5, 5.41) is 2.86. The molecule has 1 aromatic rings. The fraction of sp³-hybridized carbons (Fsp3) is 0.467. The van der Waals surface area contributed by atoms with Crippen molar-refractivity contribution < 1.29 is 9.59 Å². The second-order valence-electron chi connectivity index (χ2n) is 4.88. The van der Waals surface area contributed by atoms with E-state index in [-0.39, 0.29) is 11.8 Å². The third-order valence-electron chi connectivity index (χ3n) is 3.27. The summed E-state index contributed by atoms with van der Waals surface area (Å²) in [6.45, 7) is 4.14. The van der Waals surface area contributed by atoms with E-state index in [9.17, 15) is 9.59 Å². The maximum atomic E-state index is 11.9. The minimum atomic E-state index is -0.0450. The van der Waals surface area contributed by atoms with E-state index in [0.29, 0.717) is 25.1 Å². The van der Waals surface area contributed by atoms with Crippen LogP contribution in [0.25, 0.3) is 0 Å². The second-order valence-corrected chi connectivity index (χ2v) is 4.88. The third-order valence-corrected chi connectivity index (χ3v) is 3.27. The van der Waals surface area contributed by atoms with Gasteiger partial charge in [-0.15, -0.1) is 0 Å². The topological polar surface area (TPSA) is 49.4 Å².